The van der Waals surface area contributed by atoms with E-state index in [1.165, 1.54) is 0 Å². The van der Waals surface area contributed by atoms with Gasteiger partial charge in [-0.3, -0.25) is 0 Å². The van der Waals surface area contributed by atoms with E-state index in [0.29, 0.717) is 0 Å². The first-order valence-corrected chi connectivity index (χ1v) is 3.38. The van der Waals surface area contributed by atoms with Gasteiger partial charge in [-0.05, 0) is 18.2 Å². The summed E-state index contributed by atoms with van der Waals surface area (Å²) in [4.78, 5) is 0. The quantitative estimate of drug-likeness (QED) is 0.598. The molecule has 1 aromatic carbocycles. The maximum atomic E-state index is 5.74. The van der Waals surface area contributed by atoms with Crippen LogP contribution < -0.4 is 10.6 Å². The zero-order valence-electron chi connectivity index (χ0n) is 5.19. The Balaban J connectivity index is 2.52. The van der Waals surface area contributed by atoms with Crippen molar-refractivity contribution in [3.8, 4) is 0 Å². The highest BCUT2D eigenvalue weighted by molar-refractivity contribution is 6.31. The van der Waals surface area contributed by atoms with Crippen molar-refractivity contribution in [1.29, 1.82) is 0 Å². The van der Waals surface area contributed by atoms with Gasteiger partial charge in [-0.25, -0.2) is 0 Å². The summed E-state index contributed by atoms with van der Waals surface area (Å²) in [6, 6.07) is 5.68. The SMILES string of the molecule is Clc1ccc2c(c1)N[CH]N2. The van der Waals surface area contributed by atoms with Crippen LogP contribution in [0.1, 0.15) is 0 Å². The van der Waals surface area contributed by atoms with E-state index in [4.69, 9.17) is 11.6 Å². The number of halogens is 1. The highest BCUT2D eigenvalue weighted by Crippen LogP contribution is 2.29. The summed E-state index contributed by atoms with van der Waals surface area (Å²) in [6.07, 6.45) is 0. The van der Waals surface area contributed by atoms with Crippen molar-refractivity contribution in [2.75, 3.05) is 10.6 Å². The predicted molar refractivity (Wildman–Crippen MR) is 43.0 cm³/mol. The Morgan fingerprint density at radius 1 is 1.10 bits per heavy atom. The molecule has 2 N–H and O–H groups in total. The van der Waals surface area contributed by atoms with Crippen LogP contribution in [0.4, 0.5) is 11.4 Å². The monoisotopic (exact) mass is 153 g/mol. The van der Waals surface area contributed by atoms with Crippen molar-refractivity contribution in [3.05, 3.63) is 29.9 Å². The summed E-state index contributed by atoms with van der Waals surface area (Å²) in [5.74, 6) is 0. The second kappa shape index (κ2) is 2.06. The summed E-state index contributed by atoms with van der Waals surface area (Å²) in [6.45, 7) is 1.78. The Hall–Kier alpha value is -0.890. The van der Waals surface area contributed by atoms with Gasteiger partial charge >= 0.3 is 0 Å². The van der Waals surface area contributed by atoms with Gasteiger partial charge in [0.2, 0.25) is 0 Å². The molecule has 0 aromatic heterocycles. The third-order valence-electron chi connectivity index (χ3n) is 1.44. The zero-order chi connectivity index (χ0) is 6.97. The molecule has 0 saturated heterocycles. The van der Waals surface area contributed by atoms with Crippen molar-refractivity contribution in [3.63, 3.8) is 0 Å². The number of hydrogen-bond donors (Lipinski definition) is 2. The number of rotatable bonds is 0. The fourth-order valence-electron chi connectivity index (χ4n) is 0.953. The van der Waals surface area contributed by atoms with Gasteiger partial charge < -0.3 is 10.6 Å². The minimum absolute atomic E-state index is 0.753. The normalized spacial score (nSPS) is 13.7. The van der Waals surface area contributed by atoms with E-state index in [1.807, 2.05) is 18.2 Å². The predicted octanol–water partition coefficient (Wildman–Crippen LogP) is 2.30. The largest absolute Gasteiger partial charge is 0.360 e. The summed E-state index contributed by atoms with van der Waals surface area (Å²) < 4.78 is 0. The van der Waals surface area contributed by atoms with Crippen LogP contribution in [0.25, 0.3) is 0 Å². The molecule has 1 heterocycles. The molecule has 2 rings (SSSR count). The van der Waals surface area contributed by atoms with Crippen LogP contribution in [0.2, 0.25) is 5.02 Å². The van der Waals surface area contributed by atoms with E-state index in [1.54, 1.807) is 6.67 Å². The molecule has 1 aliphatic heterocycles. The maximum Gasteiger partial charge on any atom is 0.136 e. The number of anilines is 2. The average Bonchev–Trinajstić information content (AvgIpc) is 2.33. The maximum absolute atomic E-state index is 5.74. The molecular weight excluding hydrogens is 148 g/mol. The lowest BCUT2D eigenvalue weighted by Gasteiger charge is -1.96. The summed E-state index contributed by atoms with van der Waals surface area (Å²) in [7, 11) is 0. The van der Waals surface area contributed by atoms with E-state index in [9.17, 15) is 0 Å². The molecule has 1 radical (unpaired) electrons. The highest BCUT2D eigenvalue weighted by Gasteiger charge is 2.07. The molecule has 1 aromatic rings. The second-order valence-corrected chi connectivity index (χ2v) is 2.56. The van der Waals surface area contributed by atoms with Crippen molar-refractivity contribution in [2.45, 2.75) is 0 Å². The lowest BCUT2D eigenvalue weighted by Crippen LogP contribution is -1.89. The van der Waals surface area contributed by atoms with Gasteiger partial charge in [-0.1, -0.05) is 11.6 Å². The molecule has 1 aliphatic rings. The number of hydrogen-bond acceptors (Lipinski definition) is 2. The molecule has 0 fully saturated rings. The Morgan fingerprint density at radius 2 is 1.90 bits per heavy atom. The molecule has 10 heavy (non-hydrogen) atoms. The van der Waals surface area contributed by atoms with Crippen molar-refractivity contribution in [1.82, 2.24) is 0 Å². The molecule has 0 amide bonds. The summed E-state index contributed by atoms with van der Waals surface area (Å²) >= 11 is 5.74. The second-order valence-electron chi connectivity index (χ2n) is 2.12. The molecule has 2 nitrogen and oxygen atoms in total. The van der Waals surface area contributed by atoms with Crippen molar-refractivity contribution >= 4 is 23.0 Å². The molecule has 0 spiro atoms. The Morgan fingerprint density at radius 3 is 2.80 bits per heavy atom. The summed E-state index contributed by atoms with van der Waals surface area (Å²) in [5.41, 5.74) is 2.11. The van der Waals surface area contributed by atoms with E-state index < -0.39 is 0 Å². The van der Waals surface area contributed by atoms with Gasteiger partial charge in [0.15, 0.2) is 0 Å². The number of nitrogens with one attached hydrogen (secondary N) is 2. The first kappa shape index (κ1) is 5.86. The first-order chi connectivity index (χ1) is 4.86. The van der Waals surface area contributed by atoms with Gasteiger partial charge in [0.05, 0.1) is 11.4 Å². The van der Waals surface area contributed by atoms with Crippen LogP contribution in [0.5, 0.6) is 0 Å². The van der Waals surface area contributed by atoms with Crippen LogP contribution in [-0.2, 0) is 0 Å². The molecule has 51 valence electrons. The van der Waals surface area contributed by atoms with Gasteiger partial charge in [-0.2, -0.15) is 0 Å². The highest BCUT2D eigenvalue weighted by atomic mass is 35.5. The van der Waals surface area contributed by atoms with Crippen LogP contribution in [-0.4, -0.2) is 0 Å². The topological polar surface area (TPSA) is 24.1 Å². The Kier molecular flexibility index (Phi) is 1.21. The van der Waals surface area contributed by atoms with Crippen molar-refractivity contribution in [2.24, 2.45) is 0 Å². The molecule has 0 aliphatic carbocycles. The third-order valence-corrected chi connectivity index (χ3v) is 1.67. The van der Waals surface area contributed by atoms with E-state index >= 15 is 0 Å². The van der Waals surface area contributed by atoms with Crippen molar-refractivity contribution < 1.29 is 0 Å². The Bertz CT molecular complexity index is 260. The third kappa shape index (κ3) is 0.809. The van der Waals surface area contributed by atoms with Gasteiger partial charge in [0.1, 0.15) is 6.67 Å². The molecule has 0 unspecified atom stereocenters. The van der Waals surface area contributed by atoms with Crippen LogP contribution in [0, 0.1) is 6.67 Å². The van der Waals surface area contributed by atoms with Gasteiger partial charge in [0, 0.05) is 5.02 Å². The fraction of sp³-hybridized carbons (Fsp3) is 0. The molecule has 3 heteroatoms. The van der Waals surface area contributed by atoms with Crippen LogP contribution in [0.15, 0.2) is 18.2 Å². The van der Waals surface area contributed by atoms with Crippen LogP contribution >= 0.6 is 11.6 Å². The molecular formula is C7H6ClN2. The van der Waals surface area contributed by atoms with E-state index in [-0.39, 0.29) is 0 Å². The minimum atomic E-state index is 0.753. The minimum Gasteiger partial charge on any atom is -0.360 e. The number of benzene rings is 1. The van der Waals surface area contributed by atoms with E-state index in [0.717, 1.165) is 16.4 Å². The van der Waals surface area contributed by atoms with Gasteiger partial charge in [-0.15, -0.1) is 0 Å². The lowest BCUT2D eigenvalue weighted by molar-refractivity contribution is 1.51. The average molecular weight is 154 g/mol. The smallest absolute Gasteiger partial charge is 0.136 e. The fourth-order valence-corrected chi connectivity index (χ4v) is 1.13. The molecule has 0 atom stereocenters. The van der Waals surface area contributed by atoms with Crippen LogP contribution in [0.3, 0.4) is 0 Å². The number of fused-ring (bicyclic) bond motifs is 1. The van der Waals surface area contributed by atoms with Gasteiger partial charge in [0.25, 0.3) is 0 Å². The standard InChI is InChI=1S/C7H6ClN2/c8-5-1-2-6-7(3-5)10-4-9-6/h1-4,9-10H. The molecule has 0 bridgehead atoms. The lowest BCUT2D eigenvalue weighted by atomic mass is 10.3. The first-order valence-electron chi connectivity index (χ1n) is 3.00. The zero-order valence-corrected chi connectivity index (χ0v) is 5.94. The summed E-state index contributed by atoms with van der Waals surface area (Å²) in [5, 5.41) is 6.81. The Labute approximate surface area is 64.2 Å². The van der Waals surface area contributed by atoms with E-state index in [2.05, 4.69) is 10.6 Å². The molecule has 0 saturated carbocycles.